The molecule has 0 spiro atoms. The number of rotatable bonds is 7. The Morgan fingerprint density at radius 1 is 1.43 bits per heavy atom. The van der Waals surface area contributed by atoms with Gasteiger partial charge in [0, 0.05) is 0 Å². The van der Waals surface area contributed by atoms with Crippen molar-refractivity contribution in [1.82, 2.24) is 0 Å². The van der Waals surface area contributed by atoms with Gasteiger partial charge in [0.05, 0.1) is 5.41 Å². The van der Waals surface area contributed by atoms with Crippen LogP contribution in [0.15, 0.2) is 0 Å². The molecule has 0 aliphatic heterocycles. The van der Waals surface area contributed by atoms with Crippen molar-refractivity contribution in [3.05, 3.63) is 0 Å². The number of aliphatic hydroxyl groups is 2. The van der Waals surface area contributed by atoms with E-state index < -0.39 is 17.7 Å². The summed E-state index contributed by atoms with van der Waals surface area (Å²) in [6, 6.07) is 0. The smallest absolute Gasteiger partial charge is 0.309 e. The maximum absolute atomic E-state index is 11.0. The normalized spacial score (nSPS) is 15.5. The fourth-order valence-corrected chi connectivity index (χ4v) is 1.53. The number of aliphatic carboxylic acids is 1. The molecule has 0 heterocycles. The molecule has 5 nitrogen and oxygen atoms in total. The van der Waals surface area contributed by atoms with Gasteiger partial charge in [0.2, 0.25) is 0 Å². The lowest BCUT2D eigenvalue weighted by molar-refractivity contribution is -0.151. The molecule has 14 heavy (non-hydrogen) atoms. The van der Waals surface area contributed by atoms with Crippen molar-refractivity contribution in [1.29, 1.82) is 0 Å². The van der Waals surface area contributed by atoms with Gasteiger partial charge in [-0.05, 0) is 32.2 Å². The lowest BCUT2D eigenvalue weighted by Gasteiger charge is -2.27. The monoisotopic (exact) mass is 205 g/mol. The van der Waals surface area contributed by atoms with Gasteiger partial charge in [0.15, 0.2) is 6.29 Å². The number of carboxylic acid groups (broad SMARTS) is 1. The molecule has 0 bridgehead atoms. The number of nitrogens with two attached hydrogens (primary N) is 1. The highest BCUT2D eigenvalue weighted by Gasteiger charge is 2.35. The SMILES string of the molecule is CCC(CCN)(CCC(O)O)C(=O)O. The Kier molecular flexibility index (Phi) is 5.68. The summed E-state index contributed by atoms with van der Waals surface area (Å²) in [7, 11) is 0. The van der Waals surface area contributed by atoms with E-state index in [1.807, 2.05) is 0 Å². The van der Waals surface area contributed by atoms with Crippen molar-refractivity contribution in [2.45, 2.75) is 38.9 Å². The van der Waals surface area contributed by atoms with Crippen molar-refractivity contribution >= 4 is 5.97 Å². The summed E-state index contributed by atoms with van der Waals surface area (Å²) < 4.78 is 0. The largest absolute Gasteiger partial charge is 0.481 e. The van der Waals surface area contributed by atoms with Crippen LogP contribution < -0.4 is 5.73 Å². The third kappa shape index (κ3) is 3.61. The van der Waals surface area contributed by atoms with Crippen LogP contribution in [0.4, 0.5) is 0 Å². The van der Waals surface area contributed by atoms with Crippen molar-refractivity contribution in [2.75, 3.05) is 6.54 Å². The zero-order valence-corrected chi connectivity index (χ0v) is 8.44. The predicted octanol–water partition coefficient (Wildman–Crippen LogP) is -0.0929. The fourth-order valence-electron chi connectivity index (χ4n) is 1.53. The standard InChI is InChI=1S/C9H19NO4/c1-2-9(5-6-10,8(13)14)4-3-7(11)12/h7,11-12H,2-6,10H2,1H3,(H,13,14). The average molecular weight is 205 g/mol. The molecule has 5 N–H and O–H groups in total. The highest BCUT2D eigenvalue weighted by molar-refractivity contribution is 5.74. The molecule has 0 amide bonds. The quantitative estimate of drug-likeness (QED) is 0.435. The van der Waals surface area contributed by atoms with Gasteiger partial charge in [-0.15, -0.1) is 0 Å². The first kappa shape index (κ1) is 13.4. The van der Waals surface area contributed by atoms with Crippen LogP contribution in [-0.4, -0.2) is 34.1 Å². The third-order valence-corrected chi connectivity index (χ3v) is 2.63. The van der Waals surface area contributed by atoms with Gasteiger partial charge < -0.3 is 21.1 Å². The Labute approximate surface area is 83.5 Å². The third-order valence-electron chi connectivity index (χ3n) is 2.63. The highest BCUT2D eigenvalue weighted by Crippen LogP contribution is 2.32. The first-order chi connectivity index (χ1) is 6.48. The molecule has 0 aliphatic rings. The minimum absolute atomic E-state index is 0.0696. The van der Waals surface area contributed by atoms with Gasteiger partial charge in [-0.25, -0.2) is 0 Å². The molecule has 0 fully saturated rings. The number of carbonyl (C=O) groups is 1. The molecule has 0 aliphatic carbocycles. The first-order valence-electron chi connectivity index (χ1n) is 4.78. The number of hydrogen-bond donors (Lipinski definition) is 4. The van der Waals surface area contributed by atoms with Crippen molar-refractivity contribution in [3.8, 4) is 0 Å². The summed E-state index contributed by atoms with van der Waals surface area (Å²) in [5.74, 6) is -0.911. The lowest BCUT2D eigenvalue weighted by atomic mass is 9.77. The van der Waals surface area contributed by atoms with Crippen LogP contribution in [-0.2, 0) is 4.79 Å². The van der Waals surface area contributed by atoms with Crippen LogP contribution in [0, 0.1) is 5.41 Å². The van der Waals surface area contributed by atoms with Crippen LogP contribution in [0.1, 0.15) is 32.6 Å². The Balaban J connectivity index is 4.41. The molecule has 5 heteroatoms. The van der Waals surface area contributed by atoms with Crippen molar-refractivity contribution < 1.29 is 20.1 Å². The molecule has 84 valence electrons. The molecule has 0 radical (unpaired) electrons. The van der Waals surface area contributed by atoms with E-state index >= 15 is 0 Å². The molecule has 1 atom stereocenters. The van der Waals surface area contributed by atoms with E-state index in [4.69, 9.17) is 21.1 Å². The Morgan fingerprint density at radius 2 is 2.00 bits per heavy atom. The van der Waals surface area contributed by atoms with Crippen LogP contribution in [0.2, 0.25) is 0 Å². The van der Waals surface area contributed by atoms with Gasteiger partial charge in [-0.1, -0.05) is 6.92 Å². The molecule has 1 unspecified atom stereocenters. The molecule has 0 aromatic heterocycles. The molecular formula is C9H19NO4. The van der Waals surface area contributed by atoms with Crippen LogP contribution in [0.5, 0.6) is 0 Å². The van der Waals surface area contributed by atoms with E-state index in [2.05, 4.69) is 0 Å². The summed E-state index contributed by atoms with van der Waals surface area (Å²) in [5.41, 5.74) is 4.44. The second-order valence-corrected chi connectivity index (χ2v) is 3.50. The minimum atomic E-state index is -1.45. The van der Waals surface area contributed by atoms with Gasteiger partial charge in [0.1, 0.15) is 0 Å². The molecule has 0 saturated carbocycles. The zero-order chi connectivity index (χ0) is 11.2. The number of hydrogen-bond acceptors (Lipinski definition) is 4. The van der Waals surface area contributed by atoms with Gasteiger partial charge >= 0.3 is 5.97 Å². The van der Waals surface area contributed by atoms with E-state index in [9.17, 15) is 4.79 Å². The van der Waals surface area contributed by atoms with Crippen molar-refractivity contribution in [3.63, 3.8) is 0 Å². The second-order valence-electron chi connectivity index (χ2n) is 3.50. The van der Waals surface area contributed by atoms with E-state index in [-0.39, 0.29) is 12.8 Å². The van der Waals surface area contributed by atoms with Crippen LogP contribution >= 0.6 is 0 Å². The minimum Gasteiger partial charge on any atom is -0.481 e. The predicted molar refractivity (Wildman–Crippen MR) is 51.5 cm³/mol. The van der Waals surface area contributed by atoms with E-state index in [0.717, 1.165) is 0 Å². The molecular weight excluding hydrogens is 186 g/mol. The Morgan fingerprint density at radius 3 is 2.29 bits per heavy atom. The summed E-state index contributed by atoms with van der Waals surface area (Å²) in [5, 5.41) is 26.4. The zero-order valence-electron chi connectivity index (χ0n) is 8.44. The maximum atomic E-state index is 11.0. The van der Waals surface area contributed by atoms with Gasteiger partial charge in [0.25, 0.3) is 0 Å². The maximum Gasteiger partial charge on any atom is 0.309 e. The first-order valence-corrected chi connectivity index (χ1v) is 4.78. The van der Waals surface area contributed by atoms with Crippen LogP contribution in [0.25, 0.3) is 0 Å². The fraction of sp³-hybridized carbons (Fsp3) is 0.889. The summed E-state index contributed by atoms with van der Waals surface area (Å²) in [4.78, 5) is 11.0. The van der Waals surface area contributed by atoms with E-state index in [1.165, 1.54) is 0 Å². The average Bonchev–Trinajstić information content (AvgIpc) is 2.11. The molecule has 0 aromatic rings. The summed E-state index contributed by atoms with van der Waals surface area (Å²) >= 11 is 0. The van der Waals surface area contributed by atoms with Gasteiger partial charge in [-0.3, -0.25) is 4.79 Å². The molecule has 0 rings (SSSR count). The molecule has 0 saturated heterocycles. The van der Waals surface area contributed by atoms with E-state index in [0.29, 0.717) is 19.4 Å². The highest BCUT2D eigenvalue weighted by atomic mass is 16.5. The number of carboxylic acids is 1. The van der Waals surface area contributed by atoms with Gasteiger partial charge in [-0.2, -0.15) is 0 Å². The molecule has 0 aromatic carbocycles. The number of aliphatic hydroxyl groups excluding tert-OH is 1. The van der Waals surface area contributed by atoms with Crippen LogP contribution in [0.3, 0.4) is 0 Å². The Bertz CT molecular complexity index is 184. The van der Waals surface area contributed by atoms with E-state index in [1.54, 1.807) is 6.92 Å². The second kappa shape index (κ2) is 5.95. The topological polar surface area (TPSA) is 104 Å². The van der Waals surface area contributed by atoms with Crippen molar-refractivity contribution in [2.24, 2.45) is 11.1 Å². The summed E-state index contributed by atoms with van der Waals surface area (Å²) in [6.45, 7) is 2.06. The Hall–Kier alpha value is -0.650. The lowest BCUT2D eigenvalue weighted by Crippen LogP contribution is -2.33. The summed E-state index contributed by atoms with van der Waals surface area (Å²) in [6.07, 6.45) is -0.316.